The van der Waals surface area contributed by atoms with Gasteiger partial charge >= 0.3 is 5.97 Å². The van der Waals surface area contributed by atoms with Crippen LogP contribution >= 0.6 is 0 Å². The van der Waals surface area contributed by atoms with E-state index in [4.69, 9.17) is 4.74 Å². The third kappa shape index (κ3) is 4.16. The van der Waals surface area contributed by atoms with Gasteiger partial charge < -0.3 is 4.74 Å². The number of Topliss-reactive ketones (excluding diaryl/α,β-unsaturated/α-hetero) is 1. The number of carbonyl (C=O) groups excluding carboxylic acids is 2. The second-order valence-corrected chi connectivity index (χ2v) is 6.86. The minimum Gasteiger partial charge on any atom is -0.461 e. The SMILES string of the molecule is CC(C)(C)CCCCOC(=O)c1[nH]nc2c1CCCC2=O. The van der Waals surface area contributed by atoms with Gasteiger partial charge in [-0.3, -0.25) is 9.89 Å². The quantitative estimate of drug-likeness (QED) is 0.667. The number of hydrogen-bond donors (Lipinski definition) is 1. The van der Waals surface area contributed by atoms with Gasteiger partial charge in [-0.25, -0.2) is 4.79 Å². The second kappa shape index (κ2) is 6.41. The first-order valence-electron chi connectivity index (χ1n) is 7.66. The van der Waals surface area contributed by atoms with Gasteiger partial charge in [-0.1, -0.05) is 20.8 Å². The Morgan fingerprint density at radius 3 is 2.76 bits per heavy atom. The molecule has 5 nitrogen and oxygen atoms in total. The van der Waals surface area contributed by atoms with Gasteiger partial charge in [0.25, 0.3) is 0 Å². The van der Waals surface area contributed by atoms with Crippen molar-refractivity contribution in [1.29, 1.82) is 0 Å². The van der Waals surface area contributed by atoms with Gasteiger partial charge in [0.2, 0.25) is 0 Å². The lowest BCUT2D eigenvalue weighted by molar-refractivity contribution is 0.0487. The number of H-pyrrole nitrogens is 1. The third-order valence-electron chi connectivity index (χ3n) is 3.72. The summed E-state index contributed by atoms with van der Waals surface area (Å²) in [5.74, 6) is -0.383. The number of ketones is 1. The summed E-state index contributed by atoms with van der Waals surface area (Å²) in [5, 5.41) is 6.63. The van der Waals surface area contributed by atoms with E-state index < -0.39 is 5.97 Å². The van der Waals surface area contributed by atoms with Gasteiger partial charge in [0.1, 0.15) is 11.4 Å². The van der Waals surface area contributed by atoms with Crippen LogP contribution in [0, 0.1) is 5.41 Å². The molecule has 5 heteroatoms. The van der Waals surface area contributed by atoms with Crippen LogP contribution in [0.2, 0.25) is 0 Å². The Labute approximate surface area is 125 Å². The highest BCUT2D eigenvalue weighted by atomic mass is 16.5. The minimum absolute atomic E-state index is 0.0109. The fourth-order valence-corrected chi connectivity index (χ4v) is 2.55. The molecule has 1 aliphatic rings. The van der Waals surface area contributed by atoms with Gasteiger partial charge in [-0.2, -0.15) is 5.10 Å². The summed E-state index contributed by atoms with van der Waals surface area (Å²) in [4.78, 5) is 23.7. The zero-order chi connectivity index (χ0) is 15.5. The van der Waals surface area contributed by atoms with Crippen LogP contribution in [0.15, 0.2) is 0 Å². The number of hydrogen-bond acceptors (Lipinski definition) is 4. The molecule has 1 heterocycles. The van der Waals surface area contributed by atoms with Gasteiger partial charge in [-0.05, 0) is 37.5 Å². The van der Waals surface area contributed by atoms with E-state index in [1.54, 1.807) is 0 Å². The molecule has 0 fully saturated rings. The maximum atomic E-state index is 12.0. The van der Waals surface area contributed by atoms with E-state index in [2.05, 4.69) is 31.0 Å². The molecule has 21 heavy (non-hydrogen) atoms. The average Bonchev–Trinajstić information content (AvgIpc) is 2.82. The normalized spacial score (nSPS) is 14.9. The summed E-state index contributed by atoms with van der Waals surface area (Å²) in [7, 11) is 0. The number of unbranched alkanes of at least 4 members (excludes halogenated alkanes) is 1. The van der Waals surface area contributed by atoms with E-state index in [-0.39, 0.29) is 5.78 Å². The van der Waals surface area contributed by atoms with Crippen molar-refractivity contribution in [1.82, 2.24) is 10.2 Å². The van der Waals surface area contributed by atoms with E-state index >= 15 is 0 Å². The molecule has 2 rings (SSSR count). The van der Waals surface area contributed by atoms with Crippen LogP contribution in [0.5, 0.6) is 0 Å². The summed E-state index contributed by atoms with van der Waals surface area (Å²) >= 11 is 0. The highest BCUT2D eigenvalue weighted by Crippen LogP contribution is 2.23. The molecule has 0 radical (unpaired) electrons. The van der Waals surface area contributed by atoms with Crippen molar-refractivity contribution < 1.29 is 14.3 Å². The number of carbonyl (C=O) groups is 2. The highest BCUT2D eigenvalue weighted by Gasteiger charge is 2.27. The molecule has 1 aliphatic carbocycles. The topological polar surface area (TPSA) is 72.1 Å². The summed E-state index contributed by atoms with van der Waals surface area (Å²) in [6.07, 6.45) is 5.01. The molecule has 0 atom stereocenters. The average molecular weight is 292 g/mol. The Morgan fingerprint density at radius 1 is 1.29 bits per heavy atom. The summed E-state index contributed by atoms with van der Waals surface area (Å²) < 4.78 is 5.28. The van der Waals surface area contributed by atoms with Crippen LogP contribution in [0.4, 0.5) is 0 Å². The second-order valence-electron chi connectivity index (χ2n) is 6.86. The summed E-state index contributed by atoms with van der Waals surface area (Å²) in [5.41, 5.74) is 1.81. The molecular weight excluding hydrogens is 268 g/mol. The first kappa shape index (κ1) is 15.7. The van der Waals surface area contributed by atoms with Gasteiger partial charge in [-0.15, -0.1) is 0 Å². The molecule has 1 N–H and O–H groups in total. The largest absolute Gasteiger partial charge is 0.461 e. The molecule has 0 aromatic carbocycles. The predicted octanol–water partition coefficient (Wildman–Crippen LogP) is 3.30. The number of nitrogens with one attached hydrogen (secondary N) is 1. The maximum Gasteiger partial charge on any atom is 0.356 e. The van der Waals surface area contributed by atoms with Gasteiger partial charge in [0, 0.05) is 12.0 Å². The molecule has 1 aromatic rings. The van der Waals surface area contributed by atoms with Crippen LogP contribution in [-0.4, -0.2) is 28.6 Å². The summed E-state index contributed by atoms with van der Waals surface area (Å²) in [6, 6.07) is 0. The molecule has 0 bridgehead atoms. The number of fused-ring (bicyclic) bond motifs is 1. The van der Waals surface area contributed by atoms with E-state index in [0.717, 1.165) is 31.2 Å². The Kier molecular flexibility index (Phi) is 4.80. The molecule has 0 saturated heterocycles. The number of nitrogens with zero attached hydrogens (tertiary/aromatic N) is 1. The zero-order valence-electron chi connectivity index (χ0n) is 13.1. The van der Waals surface area contributed by atoms with E-state index in [9.17, 15) is 9.59 Å². The first-order valence-corrected chi connectivity index (χ1v) is 7.66. The third-order valence-corrected chi connectivity index (χ3v) is 3.72. The lowest BCUT2D eigenvalue weighted by atomic mass is 9.90. The van der Waals surface area contributed by atoms with Gasteiger partial charge in [0.15, 0.2) is 5.78 Å². The molecule has 116 valence electrons. The van der Waals surface area contributed by atoms with Crippen LogP contribution in [0.3, 0.4) is 0 Å². The standard InChI is InChI=1S/C16H24N2O3/c1-16(2,3)9-4-5-10-21-15(20)14-11-7-6-8-12(19)13(11)17-18-14/h4-10H2,1-3H3,(H,17,18). The van der Waals surface area contributed by atoms with Crippen molar-refractivity contribution >= 4 is 11.8 Å². The van der Waals surface area contributed by atoms with Crippen molar-refractivity contribution in [2.45, 2.75) is 59.3 Å². The number of aromatic amines is 1. The molecule has 0 amide bonds. The van der Waals surface area contributed by atoms with Gasteiger partial charge in [0.05, 0.1) is 6.61 Å². The van der Waals surface area contributed by atoms with Crippen LogP contribution in [0.25, 0.3) is 0 Å². The lowest BCUT2D eigenvalue weighted by Crippen LogP contribution is -2.14. The van der Waals surface area contributed by atoms with Crippen LogP contribution in [0.1, 0.15) is 79.4 Å². The van der Waals surface area contributed by atoms with Crippen molar-refractivity contribution in [3.05, 3.63) is 17.0 Å². The van der Waals surface area contributed by atoms with Crippen molar-refractivity contribution in [2.75, 3.05) is 6.61 Å². The maximum absolute atomic E-state index is 12.0. The predicted molar refractivity (Wildman–Crippen MR) is 79.4 cm³/mol. The van der Waals surface area contributed by atoms with Crippen molar-refractivity contribution in [2.24, 2.45) is 5.41 Å². The zero-order valence-corrected chi connectivity index (χ0v) is 13.1. The molecule has 0 spiro atoms. The number of rotatable bonds is 5. The fraction of sp³-hybridized carbons (Fsp3) is 0.688. The Balaban J connectivity index is 1.83. The molecule has 1 aromatic heterocycles. The first-order chi connectivity index (χ1) is 9.88. The highest BCUT2D eigenvalue weighted by molar-refractivity contribution is 6.00. The molecule has 0 saturated carbocycles. The smallest absolute Gasteiger partial charge is 0.356 e. The monoisotopic (exact) mass is 292 g/mol. The minimum atomic E-state index is -0.394. The number of ether oxygens (including phenoxy) is 1. The number of aromatic nitrogens is 2. The Bertz CT molecular complexity index is 526. The fourth-order valence-electron chi connectivity index (χ4n) is 2.55. The van der Waals surface area contributed by atoms with Crippen molar-refractivity contribution in [3.8, 4) is 0 Å². The summed E-state index contributed by atoms with van der Waals surface area (Å²) in [6.45, 7) is 7.02. The van der Waals surface area contributed by atoms with Crippen molar-refractivity contribution in [3.63, 3.8) is 0 Å². The van der Waals surface area contributed by atoms with E-state index in [0.29, 0.717) is 36.3 Å². The van der Waals surface area contributed by atoms with E-state index in [1.165, 1.54) is 0 Å². The Hall–Kier alpha value is -1.65. The van der Waals surface area contributed by atoms with Crippen LogP contribution in [-0.2, 0) is 11.2 Å². The Morgan fingerprint density at radius 2 is 2.05 bits per heavy atom. The molecule has 0 aliphatic heterocycles. The molecular formula is C16H24N2O3. The van der Waals surface area contributed by atoms with E-state index in [1.807, 2.05) is 0 Å². The van der Waals surface area contributed by atoms with Crippen LogP contribution < -0.4 is 0 Å². The lowest BCUT2D eigenvalue weighted by Gasteiger charge is -2.17. The molecule has 0 unspecified atom stereocenters. The number of esters is 1.